The Hall–Kier alpha value is -6.36. The third-order valence-electron chi connectivity index (χ3n) is 12.4. The summed E-state index contributed by atoms with van der Waals surface area (Å²) in [5.74, 6) is 2.21. The number of para-hydroxylation sites is 1. The number of pyridine rings is 1. The van der Waals surface area contributed by atoms with E-state index in [0.29, 0.717) is 18.8 Å². The van der Waals surface area contributed by atoms with Crippen LogP contribution in [0.5, 0.6) is 11.5 Å². The molecular weight excluding hydrogens is 771 g/mol. The van der Waals surface area contributed by atoms with Crippen molar-refractivity contribution in [2.24, 2.45) is 7.05 Å². The van der Waals surface area contributed by atoms with E-state index in [9.17, 15) is 10.2 Å². The fourth-order valence-corrected chi connectivity index (χ4v) is 9.14. The van der Waals surface area contributed by atoms with Crippen molar-refractivity contribution in [2.45, 2.75) is 38.1 Å². The van der Waals surface area contributed by atoms with Crippen LogP contribution in [-0.2, 0) is 33.0 Å². The van der Waals surface area contributed by atoms with Gasteiger partial charge in [-0.25, -0.2) is 9.97 Å². The summed E-state index contributed by atoms with van der Waals surface area (Å²) in [7, 11) is 2.03. The molecule has 9 nitrogen and oxygen atoms in total. The van der Waals surface area contributed by atoms with Crippen LogP contribution < -0.4 is 9.47 Å². The maximum absolute atomic E-state index is 10.9. The van der Waals surface area contributed by atoms with Gasteiger partial charge in [-0.3, -0.25) is 9.80 Å². The molecule has 4 heterocycles. The maximum atomic E-state index is 10.9. The molecule has 0 radical (unpaired) electrons. The van der Waals surface area contributed by atoms with E-state index in [2.05, 4.69) is 117 Å². The standard InChI is InChI=1S/C53H51N5O4/c1-56-51-22-20-40(39-14-6-16-46(27-39)61-34-44(59)32-57-25-23-36-9-2-4-11-42(36)30-57)29-50(51)55-53(56)49-21-19-38-13-8-18-48(52(38)54-49)41-15-7-17-47(28-41)62-35-45(60)33-58-26-24-37-10-3-5-12-43(37)31-58/h2-22,27-29,44-45,59-60H,23-26,30-35H2,1H3. The second-order valence-electron chi connectivity index (χ2n) is 16.8. The summed E-state index contributed by atoms with van der Waals surface area (Å²) in [4.78, 5) is 15.0. The number of imidazole rings is 1. The van der Waals surface area contributed by atoms with Gasteiger partial charge in [-0.05, 0) is 94.3 Å². The molecule has 0 amide bonds. The predicted octanol–water partition coefficient (Wildman–Crippen LogP) is 8.72. The fraction of sp³-hybridized carbons (Fsp3) is 0.245. The molecule has 62 heavy (non-hydrogen) atoms. The van der Waals surface area contributed by atoms with Crippen LogP contribution >= 0.6 is 0 Å². The topological polar surface area (TPSA) is 96.1 Å². The minimum absolute atomic E-state index is 0.215. The molecule has 2 aromatic heterocycles. The van der Waals surface area contributed by atoms with E-state index in [4.69, 9.17) is 19.4 Å². The van der Waals surface area contributed by atoms with Gasteiger partial charge in [-0.15, -0.1) is 0 Å². The van der Waals surface area contributed by atoms with Gasteiger partial charge >= 0.3 is 0 Å². The van der Waals surface area contributed by atoms with Crippen LogP contribution in [0.25, 0.3) is 55.7 Å². The number of hydrogen-bond acceptors (Lipinski definition) is 8. The molecule has 2 N–H and O–H groups in total. The number of aryl methyl sites for hydroxylation is 1. The molecule has 0 fully saturated rings. The number of β-amino-alcohol motifs (C(OH)–C–C–N with tert-alkyl or cyclic N) is 2. The molecule has 10 rings (SSSR count). The summed E-state index contributed by atoms with van der Waals surface area (Å²) in [6, 6.07) is 49.9. The summed E-state index contributed by atoms with van der Waals surface area (Å²) in [6.07, 6.45) is 0.808. The van der Waals surface area contributed by atoms with Crippen molar-refractivity contribution < 1.29 is 19.7 Å². The highest BCUT2D eigenvalue weighted by Gasteiger charge is 2.21. The zero-order valence-corrected chi connectivity index (χ0v) is 35.0. The van der Waals surface area contributed by atoms with E-state index in [-0.39, 0.29) is 13.2 Å². The molecule has 312 valence electrons. The van der Waals surface area contributed by atoms with Crippen molar-refractivity contribution in [1.29, 1.82) is 0 Å². The van der Waals surface area contributed by atoms with E-state index in [0.717, 1.165) is 100 Å². The van der Waals surface area contributed by atoms with E-state index in [1.807, 2.05) is 49.5 Å². The summed E-state index contributed by atoms with van der Waals surface area (Å²) in [5, 5.41) is 22.9. The van der Waals surface area contributed by atoms with Crippen LogP contribution in [0.15, 0.2) is 146 Å². The van der Waals surface area contributed by atoms with Crippen LogP contribution in [0.4, 0.5) is 0 Å². The van der Waals surface area contributed by atoms with Gasteiger partial charge in [0.1, 0.15) is 42.6 Å². The smallest absolute Gasteiger partial charge is 0.159 e. The zero-order chi connectivity index (χ0) is 42.0. The van der Waals surface area contributed by atoms with Crippen molar-refractivity contribution >= 4 is 21.9 Å². The average Bonchev–Trinajstić information content (AvgIpc) is 3.65. The van der Waals surface area contributed by atoms with Crippen molar-refractivity contribution in [3.63, 3.8) is 0 Å². The highest BCUT2D eigenvalue weighted by Crippen LogP contribution is 2.34. The Balaban J connectivity index is 0.818. The number of aliphatic hydroxyl groups is 2. The first kappa shape index (κ1) is 39.8. The molecule has 0 spiro atoms. The molecule has 2 aliphatic heterocycles. The minimum atomic E-state index is -0.603. The van der Waals surface area contributed by atoms with Gasteiger partial charge in [0.05, 0.1) is 16.6 Å². The Labute approximate surface area is 362 Å². The first-order valence-electron chi connectivity index (χ1n) is 21.7. The number of fused-ring (bicyclic) bond motifs is 4. The first-order valence-corrected chi connectivity index (χ1v) is 21.7. The van der Waals surface area contributed by atoms with Crippen molar-refractivity contribution in [2.75, 3.05) is 39.4 Å². The highest BCUT2D eigenvalue weighted by atomic mass is 16.5. The summed E-state index contributed by atoms with van der Waals surface area (Å²) in [6.45, 7) is 5.15. The number of aliphatic hydroxyl groups excluding tert-OH is 2. The molecule has 6 aromatic carbocycles. The first-order chi connectivity index (χ1) is 30.4. The van der Waals surface area contributed by atoms with Crippen LogP contribution in [0, 0.1) is 0 Å². The fourth-order valence-electron chi connectivity index (χ4n) is 9.14. The summed E-state index contributed by atoms with van der Waals surface area (Å²) < 4.78 is 14.4. The number of ether oxygens (including phenoxy) is 2. The Bertz CT molecular complexity index is 2870. The minimum Gasteiger partial charge on any atom is -0.491 e. The zero-order valence-electron chi connectivity index (χ0n) is 35.0. The second kappa shape index (κ2) is 17.6. The molecule has 2 atom stereocenters. The SMILES string of the molecule is Cn1c(-c2ccc3cccc(-c4cccc(OCC(O)CN5CCc6ccccc6C5)c4)c3n2)nc2cc(-c3cccc(OCC(O)CN4CCc5ccccc5C4)c3)ccc21. The number of benzene rings is 6. The number of hydrogen-bond donors (Lipinski definition) is 2. The lowest BCUT2D eigenvalue weighted by atomic mass is 10.00. The predicted molar refractivity (Wildman–Crippen MR) is 246 cm³/mol. The van der Waals surface area contributed by atoms with E-state index < -0.39 is 12.2 Å². The highest BCUT2D eigenvalue weighted by molar-refractivity contribution is 5.95. The van der Waals surface area contributed by atoms with Crippen molar-refractivity contribution in [3.05, 3.63) is 168 Å². The van der Waals surface area contributed by atoms with Gasteiger partial charge in [0, 0.05) is 57.3 Å². The van der Waals surface area contributed by atoms with Crippen molar-refractivity contribution in [3.8, 4) is 45.3 Å². The Morgan fingerprint density at radius 3 is 1.81 bits per heavy atom. The van der Waals surface area contributed by atoms with Gasteiger partial charge in [0.2, 0.25) is 0 Å². The lowest BCUT2D eigenvalue weighted by Gasteiger charge is -2.30. The van der Waals surface area contributed by atoms with Crippen LogP contribution in [0.1, 0.15) is 22.3 Å². The van der Waals surface area contributed by atoms with Crippen LogP contribution in [0.2, 0.25) is 0 Å². The third kappa shape index (κ3) is 8.58. The molecule has 0 saturated carbocycles. The molecule has 8 aromatic rings. The Kier molecular flexibility index (Phi) is 11.3. The maximum Gasteiger partial charge on any atom is 0.159 e. The molecule has 0 saturated heterocycles. The van der Waals surface area contributed by atoms with Gasteiger partial charge in [0.25, 0.3) is 0 Å². The Morgan fingerprint density at radius 1 is 0.565 bits per heavy atom. The number of rotatable bonds is 13. The van der Waals surface area contributed by atoms with Gasteiger partial charge in [0.15, 0.2) is 5.82 Å². The largest absolute Gasteiger partial charge is 0.491 e. The number of nitrogens with zero attached hydrogens (tertiary/aromatic N) is 5. The lowest BCUT2D eigenvalue weighted by molar-refractivity contribution is 0.0637. The normalized spacial score (nSPS) is 15.3. The third-order valence-corrected chi connectivity index (χ3v) is 12.4. The van der Waals surface area contributed by atoms with Gasteiger partial charge in [-0.2, -0.15) is 0 Å². The molecular formula is C53H51N5O4. The average molecular weight is 822 g/mol. The molecule has 0 bridgehead atoms. The van der Waals surface area contributed by atoms with Gasteiger partial charge in [-0.1, -0.05) is 103 Å². The lowest BCUT2D eigenvalue weighted by Crippen LogP contribution is -2.38. The molecule has 2 unspecified atom stereocenters. The van der Waals surface area contributed by atoms with Crippen LogP contribution in [-0.4, -0.2) is 86.1 Å². The van der Waals surface area contributed by atoms with Gasteiger partial charge < -0.3 is 24.3 Å². The molecule has 2 aliphatic rings. The number of aromatic nitrogens is 3. The molecule has 0 aliphatic carbocycles. The summed E-state index contributed by atoms with van der Waals surface area (Å²) >= 11 is 0. The molecule has 9 heteroatoms. The van der Waals surface area contributed by atoms with E-state index in [1.54, 1.807) is 0 Å². The van der Waals surface area contributed by atoms with Crippen LogP contribution in [0.3, 0.4) is 0 Å². The van der Waals surface area contributed by atoms with E-state index in [1.165, 1.54) is 22.3 Å². The monoisotopic (exact) mass is 821 g/mol. The van der Waals surface area contributed by atoms with Crippen molar-refractivity contribution in [1.82, 2.24) is 24.3 Å². The van der Waals surface area contributed by atoms with E-state index >= 15 is 0 Å². The quantitative estimate of drug-likeness (QED) is 0.119. The Morgan fingerprint density at radius 2 is 1.15 bits per heavy atom. The summed E-state index contributed by atoms with van der Waals surface area (Å²) in [5.41, 5.74) is 13.0. The second-order valence-corrected chi connectivity index (χ2v) is 16.8.